The quantitative estimate of drug-likeness (QED) is 0.569. The van der Waals surface area contributed by atoms with E-state index in [9.17, 15) is 9.59 Å². The highest BCUT2D eigenvalue weighted by Crippen LogP contribution is 2.48. The summed E-state index contributed by atoms with van der Waals surface area (Å²) >= 11 is 14.1. The monoisotopic (exact) mass is 447 g/mol. The van der Waals surface area contributed by atoms with E-state index in [2.05, 4.69) is 0 Å². The number of halogens is 2. The van der Waals surface area contributed by atoms with E-state index < -0.39 is 5.37 Å². The summed E-state index contributed by atoms with van der Waals surface area (Å²) in [6.45, 7) is 3.68. The van der Waals surface area contributed by atoms with Gasteiger partial charge in [-0.2, -0.15) is 0 Å². The van der Waals surface area contributed by atoms with Gasteiger partial charge in [0.25, 0.3) is 5.56 Å². The molecule has 3 aromatic rings. The van der Waals surface area contributed by atoms with Crippen LogP contribution in [-0.4, -0.2) is 20.5 Å². The third kappa shape index (κ3) is 3.19. The molecule has 0 unspecified atom stereocenters. The molecule has 8 heteroatoms. The molecule has 29 heavy (non-hydrogen) atoms. The molecule has 2 heterocycles. The molecule has 1 aliphatic rings. The van der Waals surface area contributed by atoms with Gasteiger partial charge >= 0.3 is 0 Å². The molecule has 0 N–H and O–H groups in total. The molecule has 1 aromatic heterocycles. The van der Waals surface area contributed by atoms with E-state index in [4.69, 9.17) is 23.2 Å². The number of carbonyl (C=O) groups is 1. The zero-order valence-corrected chi connectivity index (χ0v) is 18.4. The van der Waals surface area contributed by atoms with Crippen LogP contribution in [0.5, 0.6) is 0 Å². The highest BCUT2D eigenvalue weighted by molar-refractivity contribution is 8.01. The fraction of sp³-hybridized carbons (Fsp3) is 0.238. The summed E-state index contributed by atoms with van der Waals surface area (Å²) in [4.78, 5) is 28.2. The fourth-order valence-corrected chi connectivity index (χ4v) is 5.37. The lowest BCUT2D eigenvalue weighted by Crippen LogP contribution is -2.34. The Kier molecular flexibility index (Phi) is 5.27. The van der Waals surface area contributed by atoms with Crippen LogP contribution >= 0.6 is 35.0 Å². The minimum atomic E-state index is -0.429. The lowest BCUT2D eigenvalue weighted by molar-refractivity contribution is -0.117. The molecule has 0 saturated carbocycles. The lowest BCUT2D eigenvalue weighted by Gasteiger charge is -2.24. The van der Waals surface area contributed by atoms with Crippen molar-refractivity contribution in [3.63, 3.8) is 0 Å². The van der Waals surface area contributed by atoms with Crippen molar-refractivity contribution in [2.75, 3.05) is 4.90 Å². The maximum atomic E-state index is 13.5. The smallest absolute Gasteiger partial charge is 0.288 e. The van der Waals surface area contributed by atoms with Crippen LogP contribution in [0.25, 0.3) is 5.69 Å². The van der Waals surface area contributed by atoms with E-state index in [1.54, 1.807) is 26.4 Å². The van der Waals surface area contributed by atoms with Crippen LogP contribution in [-0.2, 0) is 11.8 Å². The number of thioether (sulfide) groups is 1. The van der Waals surface area contributed by atoms with Crippen LogP contribution in [0.1, 0.15) is 23.6 Å². The number of amides is 1. The third-order valence-electron chi connectivity index (χ3n) is 5.16. The van der Waals surface area contributed by atoms with Gasteiger partial charge in [0.05, 0.1) is 26.7 Å². The molecule has 5 nitrogen and oxygen atoms in total. The van der Waals surface area contributed by atoms with E-state index in [0.29, 0.717) is 21.4 Å². The fourth-order valence-electron chi connectivity index (χ4n) is 3.61. The molecule has 0 aliphatic carbocycles. The average molecular weight is 448 g/mol. The number of hydrogen-bond acceptors (Lipinski definition) is 3. The summed E-state index contributed by atoms with van der Waals surface area (Å²) in [5.74, 6) is -0.123. The maximum Gasteiger partial charge on any atom is 0.295 e. The summed E-state index contributed by atoms with van der Waals surface area (Å²) in [5.41, 5.74) is 2.27. The Morgan fingerprint density at radius 3 is 2.38 bits per heavy atom. The topological polar surface area (TPSA) is 47.2 Å². The molecule has 1 amide bonds. The second-order valence-corrected chi connectivity index (χ2v) is 9.10. The summed E-state index contributed by atoms with van der Waals surface area (Å²) in [5, 5.41) is 0.0830. The number of nitrogens with zero attached hydrogens (tertiary/aromatic N) is 3. The van der Waals surface area contributed by atoms with Gasteiger partial charge in [0.1, 0.15) is 11.1 Å². The number of carbonyl (C=O) groups excluding carboxylic acids is 1. The zero-order valence-electron chi connectivity index (χ0n) is 16.1. The van der Waals surface area contributed by atoms with Crippen molar-refractivity contribution in [2.24, 2.45) is 7.05 Å². The van der Waals surface area contributed by atoms with Crippen LogP contribution in [0.15, 0.2) is 53.3 Å². The van der Waals surface area contributed by atoms with Crippen molar-refractivity contribution in [1.82, 2.24) is 9.36 Å². The maximum absolute atomic E-state index is 13.5. The molecule has 4 rings (SSSR count). The normalized spacial score (nSPS) is 19.2. The SMILES string of the molecule is Cc1c(N2C(=O)[C@@H](C)S[C@@H]2c2cccc(Cl)c2Cl)c(=O)n(-c2ccccc2)n1C. The van der Waals surface area contributed by atoms with Gasteiger partial charge < -0.3 is 0 Å². The highest BCUT2D eigenvalue weighted by atomic mass is 35.5. The van der Waals surface area contributed by atoms with Gasteiger partial charge in [-0.1, -0.05) is 53.5 Å². The van der Waals surface area contributed by atoms with E-state index >= 15 is 0 Å². The Morgan fingerprint density at radius 1 is 1.00 bits per heavy atom. The van der Waals surface area contributed by atoms with Gasteiger partial charge in [-0.15, -0.1) is 11.8 Å². The second kappa shape index (κ2) is 7.59. The summed E-state index contributed by atoms with van der Waals surface area (Å²) < 4.78 is 3.34. The first-order valence-electron chi connectivity index (χ1n) is 9.09. The summed E-state index contributed by atoms with van der Waals surface area (Å²) in [6.07, 6.45) is 0. The van der Waals surface area contributed by atoms with Crippen LogP contribution in [0.3, 0.4) is 0 Å². The van der Waals surface area contributed by atoms with E-state index in [1.165, 1.54) is 11.8 Å². The first-order chi connectivity index (χ1) is 13.8. The molecule has 2 aromatic carbocycles. The van der Waals surface area contributed by atoms with E-state index in [-0.39, 0.29) is 16.7 Å². The molecule has 150 valence electrons. The molecular formula is C21H19Cl2N3O2S. The van der Waals surface area contributed by atoms with Crippen molar-refractivity contribution in [2.45, 2.75) is 24.5 Å². The van der Waals surface area contributed by atoms with Crippen molar-refractivity contribution in [3.05, 3.63) is 80.2 Å². The van der Waals surface area contributed by atoms with Gasteiger partial charge in [0.15, 0.2) is 0 Å². The molecule has 1 fully saturated rings. The first kappa shape index (κ1) is 20.1. The Balaban J connectivity index is 1.92. The predicted molar refractivity (Wildman–Crippen MR) is 119 cm³/mol. The molecular weight excluding hydrogens is 429 g/mol. The van der Waals surface area contributed by atoms with Crippen LogP contribution in [0.2, 0.25) is 10.0 Å². The van der Waals surface area contributed by atoms with E-state index in [0.717, 1.165) is 11.3 Å². The summed E-state index contributed by atoms with van der Waals surface area (Å²) in [6, 6.07) is 14.7. The number of aromatic nitrogens is 2. The number of hydrogen-bond donors (Lipinski definition) is 0. The Morgan fingerprint density at radius 2 is 1.69 bits per heavy atom. The standard InChI is InChI=1S/C21H19Cl2N3O2S/c1-12-18(20(28)26(24(12)3)14-8-5-4-6-9-14)25-19(27)13(2)29-21(25)15-10-7-11-16(22)17(15)23/h4-11,13,21H,1-3H3/t13-,21-/m1/s1. The Labute approximate surface area is 182 Å². The van der Waals surface area contributed by atoms with Gasteiger partial charge in [-0.3, -0.25) is 19.2 Å². The molecule has 2 atom stereocenters. The molecule has 1 saturated heterocycles. The molecule has 1 aliphatic heterocycles. The van der Waals surface area contributed by atoms with Crippen LogP contribution in [0.4, 0.5) is 5.69 Å². The molecule has 0 radical (unpaired) electrons. The van der Waals surface area contributed by atoms with Crippen molar-refractivity contribution in [1.29, 1.82) is 0 Å². The lowest BCUT2D eigenvalue weighted by atomic mass is 10.2. The second-order valence-electron chi connectivity index (χ2n) is 6.89. The number of para-hydroxylation sites is 1. The molecule has 0 bridgehead atoms. The van der Waals surface area contributed by atoms with Crippen molar-refractivity contribution in [3.8, 4) is 5.69 Å². The van der Waals surface area contributed by atoms with Gasteiger partial charge in [-0.05, 0) is 32.0 Å². The van der Waals surface area contributed by atoms with E-state index in [1.807, 2.05) is 57.3 Å². The highest BCUT2D eigenvalue weighted by Gasteiger charge is 2.43. The number of rotatable bonds is 3. The van der Waals surface area contributed by atoms with Gasteiger partial charge in [0.2, 0.25) is 5.91 Å². The van der Waals surface area contributed by atoms with Crippen molar-refractivity contribution >= 4 is 46.6 Å². The van der Waals surface area contributed by atoms with Crippen LogP contribution < -0.4 is 10.5 Å². The van der Waals surface area contributed by atoms with Crippen molar-refractivity contribution < 1.29 is 4.79 Å². The summed E-state index contributed by atoms with van der Waals surface area (Å²) in [7, 11) is 1.81. The number of benzene rings is 2. The largest absolute Gasteiger partial charge is 0.295 e. The zero-order chi connectivity index (χ0) is 20.9. The third-order valence-corrected chi connectivity index (χ3v) is 7.33. The predicted octanol–water partition coefficient (Wildman–Crippen LogP) is 4.96. The minimum Gasteiger partial charge on any atom is -0.288 e. The van der Waals surface area contributed by atoms with Crippen LogP contribution in [0, 0.1) is 6.92 Å². The average Bonchev–Trinajstić information content (AvgIpc) is 3.11. The van der Waals surface area contributed by atoms with Gasteiger partial charge in [0, 0.05) is 12.6 Å². The first-order valence-corrected chi connectivity index (χ1v) is 10.8. The minimum absolute atomic E-state index is 0.123. The Bertz CT molecular complexity index is 1160. The Hall–Kier alpha value is -2.15. The van der Waals surface area contributed by atoms with Gasteiger partial charge in [-0.25, -0.2) is 4.68 Å². The number of anilines is 1. The molecule has 0 spiro atoms.